The van der Waals surface area contributed by atoms with E-state index in [1.165, 1.54) is 33.6 Å². The monoisotopic (exact) mass is 659 g/mol. The lowest BCUT2D eigenvalue weighted by atomic mass is 9.96. The fourth-order valence-electron chi connectivity index (χ4n) is 5.55. The number of amides is 1. The minimum atomic E-state index is -0.963. The second-order valence-corrected chi connectivity index (χ2v) is 13.3. The summed E-state index contributed by atoms with van der Waals surface area (Å²) in [7, 11) is 0. The van der Waals surface area contributed by atoms with E-state index in [1.807, 2.05) is 55.5 Å². The number of rotatable bonds is 9. The molecule has 4 heterocycles. The number of benzene rings is 3. The zero-order valence-electron chi connectivity index (χ0n) is 25.5. The smallest absolute Gasteiger partial charge is 0.301 e. The molecule has 234 valence electrons. The molecule has 1 saturated heterocycles. The maximum absolute atomic E-state index is 13.8. The highest BCUT2D eigenvalue weighted by Crippen LogP contribution is 2.44. The van der Waals surface area contributed by atoms with Crippen LogP contribution in [0.2, 0.25) is 0 Å². The molecule has 1 fully saturated rings. The molecule has 0 aliphatic carbocycles. The van der Waals surface area contributed by atoms with Gasteiger partial charge in [0.1, 0.15) is 23.7 Å². The Morgan fingerprint density at radius 2 is 1.64 bits per heavy atom. The third-order valence-corrected chi connectivity index (χ3v) is 10.0. The first-order valence-electron chi connectivity index (χ1n) is 14.9. The SMILES string of the molecule is Cc1ccc(CSc2nnc(N3C(=O)C(=O)C(=C(O)c4c(C)nc5ccccn45)C3c3ccc(OCc4ccccc4)cc3)s2)cc1. The van der Waals surface area contributed by atoms with E-state index in [-0.39, 0.29) is 16.5 Å². The van der Waals surface area contributed by atoms with Crippen LogP contribution >= 0.6 is 23.1 Å². The largest absolute Gasteiger partial charge is 0.505 e. The fraction of sp³-hybridized carbons (Fsp3) is 0.139. The van der Waals surface area contributed by atoms with E-state index in [1.54, 1.807) is 41.8 Å². The summed E-state index contributed by atoms with van der Waals surface area (Å²) in [6, 6.07) is 29.8. The number of ketones is 1. The van der Waals surface area contributed by atoms with Crippen molar-refractivity contribution in [2.24, 2.45) is 0 Å². The Bertz CT molecular complexity index is 2120. The molecule has 1 unspecified atom stereocenters. The van der Waals surface area contributed by atoms with Crippen molar-refractivity contribution in [2.45, 2.75) is 36.6 Å². The van der Waals surface area contributed by atoms with Gasteiger partial charge >= 0.3 is 5.91 Å². The van der Waals surface area contributed by atoms with Gasteiger partial charge in [0.15, 0.2) is 10.1 Å². The van der Waals surface area contributed by atoms with Crippen LogP contribution in [0.15, 0.2) is 113 Å². The maximum Gasteiger partial charge on any atom is 0.301 e. The Labute approximate surface area is 279 Å². The summed E-state index contributed by atoms with van der Waals surface area (Å²) in [5.41, 5.74) is 5.38. The molecule has 3 aromatic carbocycles. The quantitative estimate of drug-likeness (QED) is 0.0566. The summed E-state index contributed by atoms with van der Waals surface area (Å²) in [4.78, 5) is 33.5. The van der Waals surface area contributed by atoms with Gasteiger partial charge in [-0.3, -0.25) is 18.9 Å². The van der Waals surface area contributed by atoms with E-state index < -0.39 is 17.7 Å². The van der Waals surface area contributed by atoms with Gasteiger partial charge in [0.2, 0.25) is 5.13 Å². The number of aliphatic hydroxyl groups is 1. The number of carbonyl (C=O) groups excluding carboxylic acids is 2. The number of thioether (sulfide) groups is 1. The number of anilines is 1. The molecule has 7 rings (SSSR count). The second-order valence-electron chi connectivity index (χ2n) is 11.1. The van der Waals surface area contributed by atoms with E-state index in [9.17, 15) is 14.7 Å². The molecule has 0 spiro atoms. The molecule has 0 bridgehead atoms. The summed E-state index contributed by atoms with van der Waals surface area (Å²) in [5, 5.41) is 20.8. The molecule has 1 aliphatic rings. The van der Waals surface area contributed by atoms with Gasteiger partial charge in [-0.2, -0.15) is 0 Å². The van der Waals surface area contributed by atoms with Crippen LogP contribution in [0.25, 0.3) is 11.4 Å². The highest BCUT2D eigenvalue weighted by Gasteiger charge is 2.49. The Kier molecular flexibility index (Phi) is 8.32. The maximum atomic E-state index is 13.8. The van der Waals surface area contributed by atoms with Crippen LogP contribution in [-0.4, -0.2) is 36.4 Å². The van der Waals surface area contributed by atoms with E-state index in [0.29, 0.717) is 45.0 Å². The highest BCUT2D eigenvalue weighted by atomic mass is 32.2. The number of pyridine rings is 1. The predicted molar refractivity (Wildman–Crippen MR) is 183 cm³/mol. The standard InChI is InChI=1S/C36H29N5O4S2/c1-22-11-13-25(14-12-22)21-46-36-39-38-35(47-36)41-31(26-15-17-27(18-16-26)45-20-24-8-4-3-5-9-24)29(33(43)34(41)44)32(42)30-23(2)37-28-10-6-7-19-40(28)30/h3-19,31,42H,20-21H2,1-2H3. The third kappa shape index (κ3) is 6.02. The zero-order valence-corrected chi connectivity index (χ0v) is 27.2. The van der Waals surface area contributed by atoms with Gasteiger partial charge in [-0.25, -0.2) is 4.98 Å². The van der Waals surface area contributed by atoms with Gasteiger partial charge in [0, 0.05) is 11.9 Å². The number of Topliss-reactive ketones (excluding diaryl/α,β-unsaturated/α-hetero) is 1. The van der Waals surface area contributed by atoms with Gasteiger partial charge in [-0.1, -0.05) is 101 Å². The van der Waals surface area contributed by atoms with Gasteiger partial charge in [0.25, 0.3) is 5.78 Å². The lowest BCUT2D eigenvalue weighted by Crippen LogP contribution is -2.29. The summed E-state index contributed by atoms with van der Waals surface area (Å²) in [5.74, 6) is -0.618. The average molecular weight is 660 g/mol. The Morgan fingerprint density at radius 1 is 0.894 bits per heavy atom. The molecular weight excluding hydrogens is 631 g/mol. The van der Waals surface area contributed by atoms with E-state index in [2.05, 4.69) is 39.4 Å². The molecule has 6 aromatic rings. The normalized spacial score (nSPS) is 15.9. The van der Waals surface area contributed by atoms with Crippen molar-refractivity contribution in [3.8, 4) is 5.75 Å². The van der Waals surface area contributed by atoms with Crippen LogP contribution in [0.1, 0.15) is 39.7 Å². The molecule has 1 N–H and O–H groups in total. The summed E-state index contributed by atoms with van der Waals surface area (Å²) in [6.07, 6.45) is 1.76. The van der Waals surface area contributed by atoms with E-state index >= 15 is 0 Å². The molecule has 11 heteroatoms. The summed E-state index contributed by atoms with van der Waals surface area (Å²) >= 11 is 2.73. The van der Waals surface area contributed by atoms with Gasteiger partial charge in [0.05, 0.1) is 17.3 Å². The number of hydrogen-bond acceptors (Lipinski definition) is 9. The molecule has 9 nitrogen and oxygen atoms in total. The van der Waals surface area contributed by atoms with Gasteiger partial charge < -0.3 is 9.84 Å². The van der Waals surface area contributed by atoms with Crippen molar-refractivity contribution in [3.63, 3.8) is 0 Å². The number of imidazole rings is 1. The molecule has 3 aromatic heterocycles. The number of ether oxygens (including phenoxy) is 1. The summed E-state index contributed by atoms with van der Waals surface area (Å²) < 4.78 is 8.36. The number of aliphatic hydroxyl groups excluding tert-OH is 1. The van der Waals surface area contributed by atoms with Crippen LogP contribution in [0.3, 0.4) is 0 Å². The number of fused-ring (bicyclic) bond motifs is 1. The highest BCUT2D eigenvalue weighted by molar-refractivity contribution is 8.00. The van der Waals surface area contributed by atoms with E-state index in [4.69, 9.17) is 4.74 Å². The molecule has 0 saturated carbocycles. The lowest BCUT2D eigenvalue weighted by Gasteiger charge is -2.22. The Hall–Kier alpha value is -5.26. The van der Waals surface area contributed by atoms with Gasteiger partial charge in [-0.05, 0) is 54.8 Å². The van der Waals surface area contributed by atoms with Crippen LogP contribution in [0, 0.1) is 13.8 Å². The van der Waals surface area contributed by atoms with Crippen molar-refractivity contribution < 1.29 is 19.4 Å². The number of aromatic nitrogens is 4. The molecular formula is C36H29N5O4S2. The topological polar surface area (TPSA) is 110 Å². The first-order valence-corrected chi connectivity index (χ1v) is 16.7. The number of nitrogens with zero attached hydrogens (tertiary/aromatic N) is 5. The van der Waals surface area contributed by atoms with Crippen molar-refractivity contribution in [2.75, 3.05) is 4.90 Å². The number of hydrogen-bond donors (Lipinski definition) is 1. The minimum absolute atomic E-state index is 0.0502. The Balaban J connectivity index is 1.26. The van der Waals surface area contributed by atoms with Crippen molar-refractivity contribution >= 4 is 51.3 Å². The second kappa shape index (κ2) is 12.9. The fourth-order valence-corrected chi connectivity index (χ4v) is 7.37. The van der Waals surface area contributed by atoms with Crippen LogP contribution < -0.4 is 9.64 Å². The third-order valence-electron chi connectivity index (χ3n) is 7.90. The van der Waals surface area contributed by atoms with E-state index in [0.717, 1.165) is 11.1 Å². The predicted octanol–water partition coefficient (Wildman–Crippen LogP) is 7.30. The van der Waals surface area contributed by atoms with Crippen molar-refractivity contribution in [3.05, 3.63) is 142 Å². The average Bonchev–Trinajstić information content (AvgIpc) is 3.77. The summed E-state index contributed by atoms with van der Waals surface area (Å²) in [6.45, 7) is 4.19. The molecule has 47 heavy (non-hydrogen) atoms. The lowest BCUT2D eigenvalue weighted by molar-refractivity contribution is -0.132. The molecule has 1 amide bonds. The molecule has 0 radical (unpaired) electrons. The van der Waals surface area contributed by atoms with Crippen molar-refractivity contribution in [1.82, 2.24) is 19.6 Å². The minimum Gasteiger partial charge on any atom is -0.505 e. The van der Waals surface area contributed by atoms with Gasteiger partial charge in [-0.15, -0.1) is 10.2 Å². The number of carbonyl (C=O) groups is 2. The van der Waals surface area contributed by atoms with Crippen LogP contribution in [-0.2, 0) is 21.9 Å². The van der Waals surface area contributed by atoms with Crippen LogP contribution in [0.5, 0.6) is 5.75 Å². The first-order chi connectivity index (χ1) is 22.9. The van der Waals surface area contributed by atoms with Crippen LogP contribution in [0.4, 0.5) is 5.13 Å². The zero-order chi connectivity index (χ0) is 32.5. The number of aryl methyl sites for hydroxylation is 2. The Morgan fingerprint density at radius 3 is 2.40 bits per heavy atom. The first kappa shape index (κ1) is 30.4. The molecule has 1 aliphatic heterocycles. The van der Waals surface area contributed by atoms with Crippen molar-refractivity contribution in [1.29, 1.82) is 0 Å². The molecule has 1 atom stereocenters.